The first kappa shape index (κ1) is 17.3. The van der Waals surface area contributed by atoms with Gasteiger partial charge in [0.15, 0.2) is 0 Å². The Kier molecular flexibility index (Phi) is 5.24. The van der Waals surface area contributed by atoms with E-state index in [-0.39, 0.29) is 5.91 Å². The maximum atomic E-state index is 11.3. The van der Waals surface area contributed by atoms with Crippen molar-refractivity contribution >= 4 is 5.91 Å². The van der Waals surface area contributed by atoms with Crippen LogP contribution < -0.4 is 15.2 Å². The largest absolute Gasteiger partial charge is 0.497 e. The van der Waals surface area contributed by atoms with Gasteiger partial charge in [-0.2, -0.15) is 0 Å². The number of nitrogens with two attached hydrogens (primary N) is 1. The van der Waals surface area contributed by atoms with Gasteiger partial charge in [0.25, 0.3) is 0 Å². The molecule has 0 radical (unpaired) electrons. The number of carbonyl (C=O) groups excluding carboxylic acids is 1. The summed E-state index contributed by atoms with van der Waals surface area (Å²) in [6.07, 6.45) is 1.09. The fourth-order valence-electron chi connectivity index (χ4n) is 3.39. The highest BCUT2D eigenvalue weighted by atomic mass is 16.5. The molecule has 0 aromatic heterocycles. The van der Waals surface area contributed by atoms with Crippen LogP contribution in [0.3, 0.4) is 0 Å². The number of amides is 1. The van der Waals surface area contributed by atoms with E-state index in [2.05, 4.69) is 17.0 Å². The van der Waals surface area contributed by atoms with Gasteiger partial charge >= 0.3 is 0 Å². The zero-order valence-electron chi connectivity index (χ0n) is 14.7. The van der Waals surface area contributed by atoms with E-state index in [0.29, 0.717) is 11.5 Å². The molecule has 0 spiro atoms. The molecule has 1 saturated heterocycles. The molecule has 1 atom stereocenters. The van der Waals surface area contributed by atoms with E-state index in [1.165, 1.54) is 5.56 Å². The minimum absolute atomic E-state index is 0.385. The second kappa shape index (κ2) is 7.57. The van der Waals surface area contributed by atoms with Crippen molar-refractivity contribution in [3.8, 4) is 11.5 Å². The van der Waals surface area contributed by atoms with Gasteiger partial charge in [-0.05, 0) is 54.3 Å². The standard InChI is InChI=1S/C20H24N2O3/c1-24-18-9-17(10-19(11-18)25-2)16-6-7-22(13-16)12-14-4-3-5-15(8-14)20(21)23/h3-5,8-11,16H,6-7,12-13H2,1-2H3,(H2,21,23)/t16-/m1/s1. The van der Waals surface area contributed by atoms with E-state index in [0.717, 1.165) is 43.1 Å². The summed E-state index contributed by atoms with van der Waals surface area (Å²) in [6, 6.07) is 13.6. The summed E-state index contributed by atoms with van der Waals surface area (Å²) in [5.41, 5.74) is 8.28. The fraction of sp³-hybridized carbons (Fsp3) is 0.350. The van der Waals surface area contributed by atoms with Crippen molar-refractivity contribution in [3.05, 3.63) is 59.2 Å². The minimum atomic E-state index is -0.385. The van der Waals surface area contributed by atoms with Crippen molar-refractivity contribution in [2.75, 3.05) is 27.3 Å². The van der Waals surface area contributed by atoms with Crippen LogP contribution in [0.1, 0.15) is 33.8 Å². The Morgan fingerprint density at radius 3 is 2.52 bits per heavy atom. The van der Waals surface area contributed by atoms with Gasteiger partial charge in [0.05, 0.1) is 14.2 Å². The molecule has 0 aliphatic carbocycles. The van der Waals surface area contributed by atoms with E-state index in [9.17, 15) is 4.79 Å². The first-order valence-corrected chi connectivity index (χ1v) is 8.43. The molecule has 2 aromatic rings. The number of primary amides is 1. The van der Waals surface area contributed by atoms with Crippen molar-refractivity contribution in [3.63, 3.8) is 0 Å². The van der Waals surface area contributed by atoms with E-state index in [4.69, 9.17) is 15.2 Å². The number of rotatable bonds is 6. The topological polar surface area (TPSA) is 64.8 Å². The average Bonchev–Trinajstić information content (AvgIpc) is 3.10. The molecule has 25 heavy (non-hydrogen) atoms. The molecule has 0 unspecified atom stereocenters. The Bertz CT molecular complexity index is 738. The molecular formula is C20H24N2O3. The SMILES string of the molecule is COc1cc(OC)cc([C@@H]2CCN(Cc3cccc(C(N)=O)c3)C2)c1. The Balaban J connectivity index is 1.70. The summed E-state index contributed by atoms with van der Waals surface area (Å²) < 4.78 is 10.8. The van der Waals surface area contributed by atoms with Gasteiger partial charge in [-0.25, -0.2) is 0 Å². The van der Waals surface area contributed by atoms with E-state index in [1.54, 1.807) is 20.3 Å². The van der Waals surface area contributed by atoms with E-state index in [1.807, 2.05) is 24.3 Å². The van der Waals surface area contributed by atoms with Gasteiger partial charge in [-0.3, -0.25) is 9.69 Å². The van der Waals surface area contributed by atoms with Gasteiger partial charge in [0.1, 0.15) is 11.5 Å². The maximum absolute atomic E-state index is 11.3. The van der Waals surface area contributed by atoms with Crippen LogP contribution in [0, 0.1) is 0 Å². The number of methoxy groups -OCH3 is 2. The van der Waals surface area contributed by atoms with Crippen LogP contribution in [-0.4, -0.2) is 38.1 Å². The maximum Gasteiger partial charge on any atom is 0.248 e. The van der Waals surface area contributed by atoms with Crippen molar-refractivity contribution in [2.24, 2.45) is 5.73 Å². The second-order valence-corrected chi connectivity index (χ2v) is 6.43. The molecular weight excluding hydrogens is 316 g/mol. The monoisotopic (exact) mass is 340 g/mol. The zero-order valence-corrected chi connectivity index (χ0v) is 14.7. The first-order valence-electron chi connectivity index (χ1n) is 8.43. The van der Waals surface area contributed by atoms with Gasteiger partial charge in [-0.15, -0.1) is 0 Å². The van der Waals surface area contributed by atoms with E-state index < -0.39 is 0 Å². The minimum Gasteiger partial charge on any atom is -0.497 e. The van der Waals surface area contributed by atoms with Crippen LogP contribution >= 0.6 is 0 Å². The quantitative estimate of drug-likeness (QED) is 0.878. The number of ether oxygens (including phenoxy) is 2. The van der Waals surface area contributed by atoms with Crippen molar-refractivity contribution in [2.45, 2.75) is 18.9 Å². The van der Waals surface area contributed by atoms with Crippen LogP contribution in [0.4, 0.5) is 0 Å². The smallest absolute Gasteiger partial charge is 0.248 e. The molecule has 3 rings (SSSR count). The number of hydrogen-bond acceptors (Lipinski definition) is 4. The predicted octanol–water partition coefficient (Wildman–Crippen LogP) is 2.79. The second-order valence-electron chi connectivity index (χ2n) is 6.43. The molecule has 2 N–H and O–H groups in total. The highest BCUT2D eigenvalue weighted by Gasteiger charge is 2.25. The number of hydrogen-bond donors (Lipinski definition) is 1. The van der Waals surface area contributed by atoms with Gasteiger partial charge < -0.3 is 15.2 Å². The summed E-state index contributed by atoms with van der Waals surface area (Å²) >= 11 is 0. The Labute approximate surface area is 148 Å². The van der Waals surface area contributed by atoms with E-state index >= 15 is 0 Å². The highest BCUT2D eigenvalue weighted by Crippen LogP contribution is 2.33. The molecule has 5 nitrogen and oxygen atoms in total. The molecule has 1 aliphatic rings. The molecule has 1 aliphatic heterocycles. The molecule has 2 aromatic carbocycles. The number of carbonyl (C=O) groups is 1. The Hall–Kier alpha value is -2.53. The predicted molar refractivity (Wildman–Crippen MR) is 97.1 cm³/mol. The molecule has 132 valence electrons. The lowest BCUT2D eigenvalue weighted by atomic mass is 9.98. The number of likely N-dealkylation sites (tertiary alicyclic amines) is 1. The third-order valence-corrected chi connectivity index (χ3v) is 4.74. The Morgan fingerprint density at radius 1 is 1.16 bits per heavy atom. The van der Waals surface area contributed by atoms with Crippen LogP contribution in [0.25, 0.3) is 0 Å². The highest BCUT2D eigenvalue weighted by molar-refractivity contribution is 5.92. The van der Waals surface area contributed by atoms with Crippen LogP contribution in [0.5, 0.6) is 11.5 Å². The lowest BCUT2D eigenvalue weighted by Crippen LogP contribution is -2.20. The van der Waals surface area contributed by atoms with Crippen LogP contribution in [0.2, 0.25) is 0 Å². The van der Waals surface area contributed by atoms with Crippen molar-refractivity contribution in [1.29, 1.82) is 0 Å². The number of benzene rings is 2. The zero-order chi connectivity index (χ0) is 17.8. The summed E-state index contributed by atoms with van der Waals surface area (Å²) in [5, 5.41) is 0. The third-order valence-electron chi connectivity index (χ3n) is 4.74. The summed E-state index contributed by atoms with van der Waals surface area (Å²) in [5.74, 6) is 1.71. The number of nitrogens with zero attached hydrogens (tertiary/aromatic N) is 1. The normalized spacial score (nSPS) is 17.4. The first-order chi connectivity index (χ1) is 12.1. The molecule has 1 fully saturated rings. The average molecular weight is 340 g/mol. The van der Waals surface area contributed by atoms with Crippen LogP contribution in [0.15, 0.2) is 42.5 Å². The fourth-order valence-corrected chi connectivity index (χ4v) is 3.39. The lowest BCUT2D eigenvalue weighted by molar-refractivity contribution is 0.1000. The molecule has 0 bridgehead atoms. The Morgan fingerprint density at radius 2 is 1.88 bits per heavy atom. The molecule has 1 amide bonds. The van der Waals surface area contributed by atoms with Gasteiger partial charge in [0.2, 0.25) is 5.91 Å². The van der Waals surface area contributed by atoms with Crippen molar-refractivity contribution < 1.29 is 14.3 Å². The molecule has 0 saturated carbocycles. The van der Waals surface area contributed by atoms with Gasteiger partial charge in [-0.1, -0.05) is 12.1 Å². The summed E-state index contributed by atoms with van der Waals surface area (Å²) in [4.78, 5) is 13.7. The molecule has 1 heterocycles. The van der Waals surface area contributed by atoms with Crippen molar-refractivity contribution in [1.82, 2.24) is 4.90 Å². The lowest BCUT2D eigenvalue weighted by Gasteiger charge is -2.17. The molecule has 5 heteroatoms. The summed E-state index contributed by atoms with van der Waals surface area (Å²) in [7, 11) is 3.34. The summed E-state index contributed by atoms with van der Waals surface area (Å²) in [6.45, 7) is 2.81. The third kappa shape index (κ3) is 4.12. The van der Waals surface area contributed by atoms with Gasteiger partial charge in [0, 0.05) is 24.7 Å². The van der Waals surface area contributed by atoms with Crippen LogP contribution in [-0.2, 0) is 6.54 Å².